The van der Waals surface area contributed by atoms with Gasteiger partial charge in [-0.3, -0.25) is 5.32 Å². The molecule has 0 aromatic carbocycles. The Balaban J connectivity index is 4.36. The summed E-state index contributed by atoms with van der Waals surface area (Å²) in [4.78, 5) is 13.3. The fraction of sp³-hybridized carbons (Fsp3) is 0.833. The molecule has 0 aliphatic carbocycles. The van der Waals surface area contributed by atoms with Gasteiger partial charge in [0, 0.05) is 13.1 Å². The molecule has 0 aliphatic heterocycles. The molecule has 0 radical (unpaired) electrons. The van der Waals surface area contributed by atoms with Crippen LogP contribution in [0.1, 0.15) is 34.6 Å². The molecule has 0 aromatic rings. The van der Waals surface area contributed by atoms with Crippen molar-refractivity contribution in [3.63, 3.8) is 0 Å². The molecule has 0 rings (SSSR count). The Morgan fingerprint density at radius 3 is 2.06 bits per heavy atom. The van der Waals surface area contributed by atoms with E-state index in [2.05, 4.69) is 33.0 Å². The monoisotopic (exact) mass is 260 g/mol. The number of thiocarbonyl (C=S) groups is 1. The Hall–Kier alpha value is -0.840. The number of nitrogens with zero attached hydrogens (tertiary/aromatic N) is 1. The van der Waals surface area contributed by atoms with Crippen LogP contribution in [0.2, 0.25) is 0 Å². The zero-order chi connectivity index (χ0) is 13.4. The number of nitrogens with one attached hydrogen (secondary N) is 1. The Bertz CT molecular complexity index is 245. The summed E-state index contributed by atoms with van der Waals surface area (Å²) >= 11 is 5.22. The highest BCUT2D eigenvalue weighted by Gasteiger charge is 2.15. The van der Waals surface area contributed by atoms with Crippen LogP contribution in [0.25, 0.3) is 0 Å². The van der Waals surface area contributed by atoms with E-state index < -0.39 is 6.09 Å². The summed E-state index contributed by atoms with van der Waals surface area (Å²) in [7, 11) is 0. The van der Waals surface area contributed by atoms with E-state index in [1.807, 2.05) is 4.90 Å². The SMILES string of the molecule is CCOC(=O)NC(=S)N(CC(C)C)CC(C)C. The molecule has 0 atom stereocenters. The van der Waals surface area contributed by atoms with Crippen LogP contribution in [0, 0.1) is 11.8 Å². The lowest BCUT2D eigenvalue weighted by Crippen LogP contribution is -2.45. The molecule has 5 heteroatoms. The number of amides is 1. The largest absolute Gasteiger partial charge is 0.450 e. The molecule has 0 heterocycles. The Morgan fingerprint density at radius 1 is 1.24 bits per heavy atom. The van der Waals surface area contributed by atoms with Gasteiger partial charge < -0.3 is 9.64 Å². The van der Waals surface area contributed by atoms with Crippen LogP contribution in [0.15, 0.2) is 0 Å². The van der Waals surface area contributed by atoms with E-state index in [0.29, 0.717) is 23.6 Å². The van der Waals surface area contributed by atoms with E-state index in [1.54, 1.807) is 6.92 Å². The molecular formula is C12H24N2O2S. The number of ether oxygens (including phenoxy) is 1. The number of hydrogen-bond donors (Lipinski definition) is 1. The van der Waals surface area contributed by atoms with Crippen LogP contribution in [-0.4, -0.2) is 35.8 Å². The first-order valence-electron chi connectivity index (χ1n) is 6.09. The number of alkyl carbamates (subject to hydrolysis) is 1. The molecule has 100 valence electrons. The van der Waals surface area contributed by atoms with Crippen molar-refractivity contribution in [3.8, 4) is 0 Å². The quantitative estimate of drug-likeness (QED) is 0.772. The van der Waals surface area contributed by atoms with Gasteiger partial charge in [0.15, 0.2) is 5.11 Å². The van der Waals surface area contributed by atoms with Gasteiger partial charge in [0.2, 0.25) is 0 Å². The molecule has 17 heavy (non-hydrogen) atoms. The van der Waals surface area contributed by atoms with Crippen LogP contribution in [0.3, 0.4) is 0 Å². The average Bonchev–Trinajstić information content (AvgIpc) is 2.15. The normalized spacial score (nSPS) is 10.5. The zero-order valence-electron chi connectivity index (χ0n) is 11.4. The molecule has 0 unspecified atom stereocenters. The maximum absolute atomic E-state index is 11.3. The maximum Gasteiger partial charge on any atom is 0.413 e. The van der Waals surface area contributed by atoms with Crippen LogP contribution in [-0.2, 0) is 4.74 Å². The van der Waals surface area contributed by atoms with E-state index in [-0.39, 0.29) is 0 Å². The van der Waals surface area contributed by atoms with Crippen LogP contribution in [0.4, 0.5) is 4.79 Å². The topological polar surface area (TPSA) is 41.6 Å². The second-order valence-corrected chi connectivity index (χ2v) is 5.23. The first kappa shape index (κ1) is 16.2. The summed E-state index contributed by atoms with van der Waals surface area (Å²) in [5.74, 6) is 0.992. The minimum absolute atomic E-state index is 0.350. The molecule has 0 fully saturated rings. The van der Waals surface area contributed by atoms with Crippen LogP contribution in [0.5, 0.6) is 0 Å². The van der Waals surface area contributed by atoms with Crippen LogP contribution >= 0.6 is 12.2 Å². The van der Waals surface area contributed by atoms with Crippen molar-refractivity contribution in [2.45, 2.75) is 34.6 Å². The van der Waals surface area contributed by atoms with E-state index in [0.717, 1.165) is 13.1 Å². The van der Waals surface area contributed by atoms with E-state index in [9.17, 15) is 4.79 Å². The van der Waals surface area contributed by atoms with Gasteiger partial charge in [0.25, 0.3) is 0 Å². The second-order valence-electron chi connectivity index (χ2n) is 4.84. The summed E-state index contributed by atoms with van der Waals surface area (Å²) < 4.78 is 4.81. The standard InChI is InChI=1S/C12H24N2O2S/c1-6-16-12(15)13-11(17)14(7-9(2)3)8-10(4)5/h9-10H,6-8H2,1-5H3,(H,13,15,17). The number of rotatable bonds is 5. The molecule has 0 aliphatic rings. The molecular weight excluding hydrogens is 236 g/mol. The summed E-state index contributed by atoms with van der Waals surface area (Å²) in [6.07, 6.45) is -0.477. The van der Waals surface area contributed by atoms with Gasteiger partial charge in [-0.2, -0.15) is 0 Å². The van der Waals surface area contributed by atoms with Crippen molar-refractivity contribution in [1.29, 1.82) is 0 Å². The molecule has 0 aromatic heterocycles. The first-order chi connectivity index (χ1) is 7.86. The summed E-state index contributed by atoms with van der Waals surface area (Å²) in [5.41, 5.74) is 0. The first-order valence-corrected chi connectivity index (χ1v) is 6.50. The minimum Gasteiger partial charge on any atom is -0.450 e. The van der Waals surface area contributed by atoms with Crippen molar-refractivity contribution >= 4 is 23.4 Å². The van der Waals surface area contributed by atoms with Crippen molar-refractivity contribution in [2.24, 2.45) is 11.8 Å². The van der Waals surface area contributed by atoms with Gasteiger partial charge in [-0.15, -0.1) is 0 Å². The Kier molecular flexibility index (Phi) is 7.87. The van der Waals surface area contributed by atoms with Gasteiger partial charge in [-0.1, -0.05) is 27.7 Å². The van der Waals surface area contributed by atoms with E-state index in [4.69, 9.17) is 17.0 Å². The highest BCUT2D eigenvalue weighted by Crippen LogP contribution is 2.04. The molecule has 0 saturated heterocycles. The summed E-state index contributed by atoms with van der Waals surface area (Å²) in [6.45, 7) is 12.3. The van der Waals surface area contributed by atoms with Gasteiger partial charge in [-0.25, -0.2) is 4.79 Å². The Labute approximate surface area is 110 Å². The lowest BCUT2D eigenvalue weighted by atomic mass is 10.1. The average molecular weight is 260 g/mol. The highest BCUT2D eigenvalue weighted by atomic mass is 32.1. The van der Waals surface area contributed by atoms with Gasteiger partial charge in [-0.05, 0) is 31.0 Å². The number of carbonyl (C=O) groups is 1. The predicted octanol–water partition coefficient (Wildman–Crippen LogP) is 2.63. The lowest BCUT2D eigenvalue weighted by molar-refractivity contribution is 0.156. The number of hydrogen-bond acceptors (Lipinski definition) is 3. The number of carbonyl (C=O) groups excluding carboxylic acids is 1. The fourth-order valence-electron chi connectivity index (χ4n) is 1.46. The van der Waals surface area contributed by atoms with Crippen molar-refractivity contribution in [1.82, 2.24) is 10.2 Å². The van der Waals surface area contributed by atoms with Gasteiger partial charge in [0.05, 0.1) is 6.61 Å². The smallest absolute Gasteiger partial charge is 0.413 e. The second kappa shape index (κ2) is 8.28. The van der Waals surface area contributed by atoms with Crippen molar-refractivity contribution < 1.29 is 9.53 Å². The molecule has 4 nitrogen and oxygen atoms in total. The summed E-state index contributed by atoms with van der Waals surface area (Å²) in [6, 6.07) is 0. The third-order valence-electron chi connectivity index (χ3n) is 1.94. The third-order valence-corrected chi connectivity index (χ3v) is 2.30. The molecule has 0 bridgehead atoms. The minimum atomic E-state index is -0.477. The third kappa shape index (κ3) is 7.96. The van der Waals surface area contributed by atoms with Gasteiger partial charge >= 0.3 is 6.09 Å². The van der Waals surface area contributed by atoms with Crippen molar-refractivity contribution in [3.05, 3.63) is 0 Å². The van der Waals surface area contributed by atoms with E-state index in [1.165, 1.54) is 0 Å². The lowest BCUT2D eigenvalue weighted by Gasteiger charge is -2.28. The Morgan fingerprint density at radius 2 is 1.71 bits per heavy atom. The maximum atomic E-state index is 11.3. The molecule has 0 saturated carbocycles. The molecule has 1 N–H and O–H groups in total. The fourth-order valence-corrected chi connectivity index (χ4v) is 1.69. The van der Waals surface area contributed by atoms with E-state index >= 15 is 0 Å². The van der Waals surface area contributed by atoms with Gasteiger partial charge in [0.1, 0.15) is 0 Å². The molecule has 0 spiro atoms. The summed E-state index contributed by atoms with van der Waals surface area (Å²) in [5, 5.41) is 3.04. The highest BCUT2D eigenvalue weighted by molar-refractivity contribution is 7.80. The predicted molar refractivity (Wildman–Crippen MR) is 74.0 cm³/mol. The molecule has 1 amide bonds. The van der Waals surface area contributed by atoms with Crippen molar-refractivity contribution in [2.75, 3.05) is 19.7 Å². The zero-order valence-corrected chi connectivity index (χ0v) is 12.3. The van der Waals surface area contributed by atoms with Crippen LogP contribution < -0.4 is 5.32 Å².